The monoisotopic (exact) mass is 473 g/mol. The van der Waals surface area contributed by atoms with Crippen LogP contribution in [0.1, 0.15) is 13.8 Å². The minimum absolute atomic E-state index is 0.0307. The molecule has 0 aliphatic carbocycles. The number of rotatable bonds is 9. The van der Waals surface area contributed by atoms with E-state index < -0.39 is 24.2 Å². The molecule has 13 heteroatoms. The van der Waals surface area contributed by atoms with Crippen molar-refractivity contribution in [3.05, 3.63) is 25.2 Å². The van der Waals surface area contributed by atoms with E-state index in [0.29, 0.717) is 41.0 Å². The second-order valence-electron chi connectivity index (χ2n) is 8.06. The fraction of sp³-hybridized carbons (Fsp3) is 0.476. The van der Waals surface area contributed by atoms with Gasteiger partial charge in [-0.2, -0.15) is 9.97 Å². The number of aromatic nitrogens is 6. The molecule has 1 fully saturated rings. The van der Waals surface area contributed by atoms with Crippen molar-refractivity contribution in [3.8, 4) is 5.88 Å². The Kier molecular flexibility index (Phi) is 6.63. The summed E-state index contributed by atoms with van der Waals surface area (Å²) in [5, 5.41) is 19.8. The number of halogens is 1. The first-order valence-corrected chi connectivity index (χ1v) is 10.9. The van der Waals surface area contributed by atoms with Crippen LogP contribution in [-0.2, 0) is 17.9 Å². The Labute approximate surface area is 195 Å². The van der Waals surface area contributed by atoms with Gasteiger partial charge in [0.2, 0.25) is 11.9 Å². The first-order chi connectivity index (χ1) is 16.3. The van der Waals surface area contributed by atoms with Gasteiger partial charge in [-0.3, -0.25) is 9.48 Å². The van der Waals surface area contributed by atoms with E-state index in [1.807, 2.05) is 11.5 Å². The highest BCUT2D eigenvalue weighted by Crippen LogP contribution is 2.31. The first kappa shape index (κ1) is 23.4. The zero-order chi connectivity index (χ0) is 24.4. The highest BCUT2D eigenvalue weighted by atomic mass is 19.1. The second kappa shape index (κ2) is 9.63. The maximum Gasteiger partial charge on any atom is 0.256 e. The molecule has 1 saturated heterocycles. The number of aliphatic hydroxyl groups excluding tert-OH is 1. The van der Waals surface area contributed by atoms with Crippen molar-refractivity contribution >= 4 is 34.5 Å². The van der Waals surface area contributed by atoms with Gasteiger partial charge in [-0.15, -0.1) is 5.10 Å². The normalized spacial score (nSPS) is 18.8. The van der Waals surface area contributed by atoms with Gasteiger partial charge in [0.25, 0.3) is 5.88 Å². The smallest absolute Gasteiger partial charge is 0.256 e. The van der Waals surface area contributed by atoms with E-state index in [-0.39, 0.29) is 19.6 Å². The maximum absolute atomic E-state index is 14.6. The van der Waals surface area contributed by atoms with E-state index in [1.165, 1.54) is 7.11 Å². The van der Waals surface area contributed by atoms with Crippen LogP contribution >= 0.6 is 0 Å². The largest absolute Gasteiger partial charge is 0.478 e. The van der Waals surface area contributed by atoms with Crippen molar-refractivity contribution in [1.82, 2.24) is 34.6 Å². The number of amides is 1. The lowest BCUT2D eigenvalue weighted by atomic mass is 10.2. The van der Waals surface area contributed by atoms with Crippen molar-refractivity contribution in [2.45, 2.75) is 45.3 Å². The summed E-state index contributed by atoms with van der Waals surface area (Å²) in [6, 6.07) is -0.698. The number of carbonyl (C=O) groups is 1. The minimum atomic E-state index is -1.28. The first-order valence-electron chi connectivity index (χ1n) is 10.9. The molecule has 1 unspecified atom stereocenters. The van der Waals surface area contributed by atoms with E-state index in [2.05, 4.69) is 37.3 Å². The molecular weight excluding hydrogens is 445 g/mol. The van der Waals surface area contributed by atoms with Crippen molar-refractivity contribution in [1.29, 1.82) is 0 Å². The average Bonchev–Trinajstić information content (AvgIpc) is 3.50. The number of imidazole rings is 1. The molecule has 3 aromatic rings. The van der Waals surface area contributed by atoms with Crippen LogP contribution in [0.15, 0.2) is 25.2 Å². The van der Waals surface area contributed by atoms with Crippen molar-refractivity contribution in [2.75, 3.05) is 30.4 Å². The van der Waals surface area contributed by atoms with Crippen LogP contribution < -0.4 is 20.3 Å². The van der Waals surface area contributed by atoms with Crippen LogP contribution in [0.3, 0.4) is 0 Å². The Morgan fingerprint density at radius 3 is 2.91 bits per heavy atom. The maximum atomic E-state index is 14.6. The molecule has 34 heavy (non-hydrogen) atoms. The zero-order valence-electron chi connectivity index (χ0n) is 19.3. The quantitative estimate of drug-likeness (QED) is 0.389. The molecule has 3 atom stereocenters. The van der Waals surface area contributed by atoms with Crippen LogP contribution in [0.2, 0.25) is 0 Å². The number of carbonyl (C=O) groups excluding carboxylic acids is 1. The van der Waals surface area contributed by atoms with Gasteiger partial charge in [-0.1, -0.05) is 6.58 Å². The van der Waals surface area contributed by atoms with E-state index in [1.54, 1.807) is 29.0 Å². The Balaban J connectivity index is 1.69. The number of nitrogens with zero attached hydrogens (tertiary/aromatic N) is 7. The number of hydrogen-bond acceptors (Lipinski definition) is 9. The molecule has 0 spiro atoms. The van der Waals surface area contributed by atoms with Crippen LogP contribution in [0.4, 0.5) is 21.8 Å². The van der Waals surface area contributed by atoms with Gasteiger partial charge in [0.15, 0.2) is 17.0 Å². The number of aryl methyl sites for hydroxylation is 1. The van der Waals surface area contributed by atoms with Gasteiger partial charge in [0.05, 0.1) is 44.9 Å². The fourth-order valence-electron chi connectivity index (χ4n) is 3.83. The Morgan fingerprint density at radius 1 is 1.44 bits per heavy atom. The van der Waals surface area contributed by atoms with Crippen LogP contribution in [0, 0.1) is 0 Å². The molecule has 1 aliphatic rings. The van der Waals surface area contributed by atoms with Gasteiger partial charge in [-0.25, -0.2) is 9.37 Å². The number of nitrogens with one attached hydrogen (secondary N) is 2. The summed E-state index contributed by atoms with van der Waals surface area (Å²) in [6.45, 7) is 8.20. The lowest BCUT2D eigenvalue weighted by Gasteiger charge is -2.17. The molecule has 182 valence electrons. The highest BCUT2D eigenvalue weighted by molar-refractivity contribution is 5.88. The Morgan fingerprint density at radius 2 is 2.24 bits per heavy atom. The highest BCUT2D eigenvalue weighted by Gasteiger charge is 2.35. The van der Waals surface area contributed by atoms with Gasteiger partial charge in [-0.05, 0) is 19.9 Å². The summed E-state index contributed by atoms with van der Waals surface area (Å²) in [6.07, 6.45) is 2.61. The molecule has 0 bridgehead atoms. The summed E-state index contributed by atoms with van der Waals surface area (Å²) < 4.78 is 23.4. The summed E-state index contributed by atoms with van der Waals surface area (Å²) >= 11 is 0. The number of anilines is 3. The number of ether oxygens (including phenoxy) is 1. The molecular formula is C21H28FN9O3. The number of hydrogen-bond donors (Lipinski definition) is 3. The summed E-state index contributed by atoms with van der Waals surface area (Å²) in [5.74, 6) is 0.592. The lowest BCUT2D eigenvalue weighted by Crippen LogP contribution is -2.40. The third kappa shape index (κ3) is 4.64. The van der Waals surface area contributed by atoms with Crippen molar-refractivity contribution in [2.24, 2.45) is 0 Å². The molecule has 1 aliphatic heterocycles. The Bertz CT molecular complexity index is 1190. The van der Waals surface area contributed by atoms with Gasteiger partial charge >= 0.3 is 0 Å². The number of methoxy groups -OCH3 is 1. The second-order valence-corrected chi connectivity index (χ2v) is 8.06. The zero-order valence-corrected chi connectivity index (χ0v) is 19.3. The van der Waals surface area contributed by atoms with Crippen molar-refractivity contribution < 1.29 is 19.0 Å². The molecule has 4 rings (SSSR count). The van der Waals surface area contributed by atoms with Gasteiger partial charge < -0.3 is 29.9 Å². The van der Waals surface area contributed by atoms with Crippen LogP contribution in [0.5, 0.6) is 5.88 Å². The molecule has 3 aromatic heterocycles. The van der Waals surface area contributed by atoms with Gasteiger partial charge in [0.1, 0.15) is 11.9 Å². The standard InChI is InChI=1S/C21H28FN9O3/c1-5-16(33)24-14-9-30(8-13(14)22)21-26-18(17-19(27-21)29(6-2)11-23-17)25-15-10-31(7-12(3)32)28-20(15)34-4/h5,10-14,32H,1,6-9H2,2-4H3,(H,24,33)(H,25,26,27)/t12?,13-,14-/m1/s1. The molecule has 0 saturated carbocycles. The van der Waals surface area contributed by atoms with E-state index in [0.717, 1.165) is 6.08 Å². The average molecular weight is 474 g/mol. The predicted octanol–water partition coefficient (Wildman–Crippen LogP) is 1.00. The van der Waals surface area contributed by atoms with E-state index >= 15 is 0 Å². The van der Waals surface area contributed by atoms with E-state index in [9.17, 15) is 14.3 Å². The minimum Gasteiger partial charge on any atom is -0.478 e. The molecule has 0 aromatic carbocycles. The summed E-state index contributed by atoms with van der Waals surface area (Å²) in [4.78, 5) is 27.1. The predicted molar refractivity (Wildman–Crippen MR) is 124 cm³/mol. The van der Waals surface area contributed by atoms with Crippen molar-refractivity contribution in [3.63, 3.8) is 0 Å². The number of aliphatic hydroxyl groups is 1. The Hall–Kier alpha value is -3.74. The molecule has 4 heterocycles. The SMILES string of the molecule is C=CC(=O)N[C@@H]1CN(c2nc(Nc3cn(CC(C)O)nc3OC)c3ncn(CC)c3n2)C[C@H]1F. The summed E-state index contributed by atoms with van der Waals surface area (Å²) in [7, 11) is 1.50. The van der Waals surface area contributed by atoms with Gasteiger partial charge in [0, 0.05) is 13.1 Å². The molecule has 12 nitrogen and oxygen atoms in total. The molecule has 3 N–H and O–H groups in total. The van der Waals surface area contributed by atoms with Crippen LogP contribution in [-0.4, -0.2) is 78.8 Å². The lowest BCUT2D eigenvalue weighted by molar-refractivity contribution is -0.117. The third-order valence-corrected chi connectivity index (χ3v) is 5.46. The number of alkyl halides is 1. The topological polar surface area (TPSA) is 135 Å². The van der Waals surface area contributed by atoms with Crippen LogP contribution in [0.25, 0.3) is 11.2 Å². The summed E-state index contributed by atoms with van der Waals surface area (Å²) in [5.41, 5.74) is 1.64. The van der Waals surface area contributed by atoms with E-state index in [4.69, 9.17) is 4.74 Å². The molecule has 0 radical (unpaired) electrons. The third-order valence-electron chi connectivity index (χ3n) is 5.46. The molecule has 1 amide bonds. The fourth-order valence-corrected chi connectivity index (χ4v) is 3.83. The number of fused-ring (bicyclic) bond motifs is 1.